The van der Waals surface area contributed by atoms with Gasteiger partial charge in [-0.15, -0.1) is 0 Å². The minimum Gasteiger partial charge on any atom is -0.508 e. The second-order valence-corrected chi connectivity index (χ2v) is 13.0. The maximum atomic E-state index is 14.3. The molecule has 0 bridgehead atoms. The van der Waals surface area contributed by atoms with Gasteiger partial charge in [-0.05, 0) is 66.6 Å². The van der Waals surface area contributed by atoms with Crippen LogP contribution in [-0.2, 0) is 43.2 Å². The monoisotopic (exact) mass is 667 g/mol. The molecule has 12 heteroatoms. The number of amides is 5. The Bertz CT molecular complexity index is 1680. The van der Waals surface area contributed by atoms with E-state index in [-0.39, 0.29) is 36.7 Å². The predicted octanol–water partition coefficient (Wildman–Crippen LogP) is 1.58. The number of phenols is 2. The number of phenolic OH excluding ortho intramolecular Hbond substituents is 2. The summed E-state index contributed by atoms with van der Waals surface area (Å²) in [5, 5.41) is 28.2. The van der Waals surface area contributed by atoms with Crippen LogP contribution in [-0.4, -0.2) is 92.8 Å². The molecule has 3 saturated heterocycles. The van der Waals surface area contributed by atoms with E-state index in [0.717, 1.165) is 5.56 Å². The summed E-state index contributed by atoms with van der Waals surface area (Å²) in [6, 6.07) is 16.8. The molecule has 3 aliphatic rings. The van der Waals surface area contributed by atoms with Crippen LogP contribution in [0.15, 0.2) is 78.9 Å². The fourth-order valence-corrected chi connectivity index (χ4v) is 7.00. The van der Waals surface area contributed by atoms with Crippen LogP contribution in [0.3, 0.4) is 0 Å². The smallest absolute Gasteiger partial charge is 0.246 e. The molecule has 3 fully saturated rings. The van der Waals surface area contributed by atoms with Crippen LogP contribution in [0.1, 0.15) is 42.4 Å². The molecule has 256 valence electrons. The van der Waals surface area contributed by atoms with Gasteiger partial charge in [0.2, 0.25) is 29.5 Å². The number of carbonyl (C=O) groups excluding carboxylic acids is 5. The molecule has 3 aliphatic heterocycles. The van der Waals surface area contributed by atoms with Gasteiger partial charge < -0.3 is 36.0 Å². The topological polar surface area (TPSA) is 168 Å². The zero-order chi connectivity index (χ0) is 34.5. The van der Waals surface area contributed by atoms with Gasteiger partial charge in [0, 0.05) is 32.4 Å². The molecule has 3 aromatic rings. The standard InChI is InChI=1S/C37H41N5O7/c43-26-14-10-24(11-15-26)20-28-34(46)40-30(22-23-6-2-1-3-7-23)36(48)42-19-5-9-32(42)37(49)41-18-4-8-31(41)35(47)39-29(33(45)38-28)21-25-12-16-27(44)17-13-25/h1-3,6-7,10-17,28-32,43-44H,4-5,8-9,18-22H2,(H,38,45)(H,39,47)(H,40,46). The van der Waals surface area contributed by atoms with Gasteiger partial charge in [0.25, 0.3) is 0 Å². The van der Waals surface area contributed by atoms with Crippen molar-refractivity contribution in [2.24, 2.45) is 0 Å². The van der Waals surface area contributed by atoms with E-state index in [1.165, 1.54) is 34.1 Å². The zero-order valence-electron chi connectivity index (χ0n) is 27.1. The first-order chi connectivity index (χ1) is 23.7. The molecule has 3 heterocycles. The van der Waals surface area contributed by atoms with Crippen molar-refractivity contribution in [1.29, 1.82) is 0 Å². The number of hydrogen-bond acceptors (Lipinski definition) is 7. The number of nitrogens with zero attached hydrogens (tertiary/aromatic N) is 2. The fraction of sp³-hybridized carbons (Fsp3) is 0.378. The van der Waals surface area contributed by atoms with E-state index >= 15 is 0 Å². The first kappa shape index (κ1) is 33.5. The largest absolute Gasteiger partial charge is 0.508 e. The molecular formula is C37H41N5O7. The lowest BCUT2D eigenvalue weighted by atomic mass is 10.0. The van der Waals surface area contributed by atoms with E-state index < -0.39 is 53.8 Å². The Labute approximate surface area is 284 Å². The second-order valence-electron chi connectivity index (χ2n) is 13.0. The van der Waals surface area contributed by atoms with E-state index in [4.69, 9.17) is 0 Å². The summed E-state index contributed by atoms with van der Waals surface area (Å²) in [5.41, 5.74) is 2.11. The number of nitrogens with one attached hydrogen (secondary N) is 3. The van der Waals surface area contributed by atoms with Crippen molar-refractivity contribution in [3.8, 4) is 11.5 Å². The molecule has 5 amide bonds. The van der Waals surface area contributed by atoms with Crippen LogP contribution < -0.4 is 16.0 Å². The highest BCUT2D eigenvalue weighted by Crippen LogP contribution is 2.27. The summed E-state index contributed by atoms with van der Waals surface area (Å²) in [4.78, 5) is 73.5. The second kappa shape index (κ2) is 14.8. The molecule has 3 aromatic carbocycles. The molecular weight excluding hydrogens is 626 g/mol. The Morgan fingerprint density at radius 1 is 0.510 bits per heavy atom. The molecule has 5 unspecified atom stereocenters. The maximum Gasteiger partial charge on any atom is 0.246 e. The lowest BCUT2D eigenvalue weighted by molar-refractivity contribution is -0.148. The number of rotatable bonds is 6. The van der Waals surface area contributed by atoms with Gasteiger partial charge in [0.1, 0.15) is 41.7 Å². The minimum atomic E-state index is -1.16. The third-order valence-corrected chi connectivity index (χ3v) is 9.57. The van der Waals surface area contributed by atoms with Gasteiger partial charge in [0.05, 0.1) is 0 Å². The molecule has 0 spiro atoms. The summed E-state index contributed by atoms with van der Waals surface area (Å²) < 4.78 is 0. The van der Waals surface area contributed by atoms with E-state index in [1.807, 2.05) is 30.3 Å². The molecule has 0 aliphatic carbocycles. The number of aromatic hydroxyl groups is 2. The number of benzene rings is 3. The van der Waals surface area contributed by atoms with E-state index in [2.05, 4.69) is 16.0 Å². The highest BCUT2D eigenvalue weighted by Gasteiger charge is 2.44. The van der Waals surface area contributed by atoms with E-state index in [1.54, 1.807) is 24.3 Å². The van der Waals surface area contributed by atoms with Crippen molar-refractivity contribution in [3.05, 3.63) is 95.6 Å². The fourth-order valence-electron chi connectivity index (χ4n) is 7.00. The van der Waals surface area contributed by atoms with Crippen LogP contribution in [0.4, 0.5) is 0 Å². The average molecular weight is 668 g/mol. The lowest BCUT2D eigenvalue weighted by Gasteiger charge is -2.33. The SMILES string of the molecule is O=C1NC(Cc2ccccc2)C(=O)N2CCCC2C(=O)N2CCCC2C(=O)NC(Cc2ccc(O)cc2)C(=O)NC1Cc1ccc(O)cc1. The Balaban J connectivity index is 1.39. The van der Waals surface area contributed by atoms with Crippen molar-refractivity contribution in [1.82, 2.24) is 25.8 Å². The third-order valence-electron chi connectivity index (χ3n) is 9.57. The highest BCUT2D eigenvalue weighted by molar-refractivity contribution is 5.98. The Morgan fingerprint density at radius 3 is 1.49 bits per heavy atom. The Kier molecular flexibility index (Phi) is 10.1. The lowest BCUT2D eigenvalue weighted by Crippen LogP contribution is -2.58. The summed E-state index contributed by atoms with van der Waals surface area (Å²) in [7, 11) is 0. The van der Waals surface area contributed by atoms with Gasteiger partial charge in [-0.1, -0.05) is 54.6 Å². The van der Waals surface area contributed by atoms with Gasteiger partial charge in [-0.25, -0.2) is 0 Å². The molecule has 12 nitrogen and oxygen atoms in total. The predicted molar refractivity (Wildman–Crippen MR) is 179 cm³/mol. The summed E-state index contributed by atoms with van der Waals surface area (Å²) in [6.07, 6.45) is 2.30. The van der Waals surface area contributed by atoms with Crippen LogP contribution in [0, 0.1) is 0 Å². The number of fused-ring (bicyclic) bond motifs is 2. The maximum absolute atomic E-state index is 14.3. The zero-order valence-corrected chi connectivity index (χ0v) is 27.1. The molecule has 0 aromatic heterocycles. The first-order valence-corrected chi connectivity index (χ1v) is 16.8. The highest BCUT2D eigenvalue weighted by atomic mass is 16.3. The minimum absolute atomic E-state index is 0.0329. The number of carbonyl (C=O) groups is 5. The van der Waals surface area contributed by atoms with Crippen LogP contribution in [0.25, 0.3) is 0 Å². The molecule has 5 atom stereocenters. The van der Waals surface area contributed by atoms with E-state index in [9.17, 15) is 34.2 Å². The number of hydrogen-bond donors (Lipinski definition) is 5. The van der Waals surface area contributed by atoms with Crippen molar-refractivity contribution in [2.45, 2.75) is 75.2 Å². The van der Waals surface area contributed by atoms with Crippen molar-refractivity contribution < 1.29 is 34.2 Å². The van der Waals surface area contributed by atoms with Gasteiger partial charge in [0.15, 0.2) is 0 Å². The molecule has 0 radical (unpaired) electrons. The normalized spacial score (nSPS) is 25.1. The van der Waals surface area contributed by atoms with Gasteiger partial charge >= 0.3 is 0 Å². The van der Waals surface area contributed by atoms with Crippen molar-refractivity contribution >= 4 is 29.5 Å². The Morgan fingerprint density at radius 2 is 0.939 bits per heavy atom. The third kappa shape index (κ3) is 7.85. The van der Waals surface area contributed by atoms with E-state index in [0.29, 0.717) is 49.9 Å². The Hall–Kier alpha value is -5.39. The van der Waals surface area contributed by atoms with Crippen molar-refractivity contribution in [2.75, 3.05) is 13.1 Å². The van der Waals surface area contributed by atoms with Crippen LogP contribution in [0.2, 0.25) is 0 Å². The van der Waals surface area contributed by atoms with Gasteiger partial charge in [-0.3, -0.25) is 24.0 Å². The molecule has 0 saturated carbocycles. The van der Waals surface area contributed by atoms with Gasteiger partial charge in [-0.2, -0.15) is 0 Å². The molecule has 5 N–H and O–H groups in total. The molecule has 6 rings (SSSR count). The summed E-state index contributed by atoms with van der Waals surface area (Å²) in [5.74, 6) is -2.35. The van der Waals surface area contributed by atoms with Crippen LogP contribution >= 0.6 is 0 Å². The average Bonchev–Trinajstić information content (AvgIpc) is 3.80. The summed E-state index contributed by atoms with van der Waals surface area (Å²) in [6.45, 7) is 0.687. The van der Waals surface area contributed by atoms with Crippen LogP contribution in [0.5, 0.6) is 11.5 Å². The first-order valence-electron chi connectivity index (χ1n) is 16.8. The summed E-state index contributed by atoms with van der Waals surface area (Å²) >= 11 is 0. The quantitative estimate of drug-likeness (QED) is 0.266. The molecule has 49 heavy (non-hydrogen) atoms. The van der Waals surface area contributed by atoms with Crippen molar-refractivity contribution in [3.63, 3.8) is 0 Å².